The summed E-state index contributed by atoms with van der Waals surface area (Å²) in [7, 11) is 0. The molecule has 0 aliphatic carbocycles. The summed E-state index contributed by atoms with van der Waals surface area (Å²) in [6, 6.07) is 7.00. The molecule has 0 aliphatic heterocycles. The molecular formula is C8H7ClN6. The second-order valence-corrected chi connectivity index (χ2v) is 2.77. The number of nitrogens with two attached hydrogens (primary N) is 1. The average molecular weight is 223 g/mol. The van der Waals surface area contributed by atoms with Gasteiger partial charge < -0.3 is 5.73 Å². The van der Waals surface area contributed by atoms with E-state index in [0.717, 1.165) is 0 Å². The Morgan fingerprint density at radius 1 is 1.47 bits per heavy atom. The van der Waals surface area contributed by atoms with Gasteiger partial charge in [-0.25, -0.2) is 0 Å². The van der Waals surface area contributed by atoms with E-state index in [4.69, 9.17) is 22.6 Å². The number of para-hydroxylation sites is 1. The molecule has 0 bridgehead atoms. The molecule has 0 radical (unpaired) electrons. The third-order valence-electron chi connectivity index (χ3n) is 1.36. The Labute approximate surface area is 91.1 Å². The van der Waals surface area contributed by atoms with E-state index in [-0.39, 0.29) is 5.96 Å². The normalized spacial score (nSPS) is 11.3. The van der Waals surface area contributed by atoms with Crippen LogP contribution in [0.15, 0.2) is 39.6 Å². The molecule has 0 amide bonds. The van der Waals surface area contributed by atoms with E-state index >= 15 is 0 Å². The molecule has 7 heteroatoms. The minimum absolute atomic E-state index is 0.225. The zero-order chi connectivity index (χ0) is 11.1. The predicted molar refractivity (Wildman–Crippen MR) is 57.2 cm³/mol. The van der Waals surface area contributed by atoms with Gasteiger partial charge in [-0.1, -0.05) is 34.1 Å². The maximum Gasteiger partial charge on any atom is 0.252 e. The average Bonchev–Trinajstić information content (AvgIpc) is 2.21. The molecule has 0 saturated carbocycles. The molecular weight excluding hydrogens is 216 g/mol. The number of nitrogens with zero attached hydrogens (tertiary/aromatic N) is 4. The van der Waals surface area contributed by atoms with Crippen molar-refractivity contribution in [3.63, 3.8) is 0 Å². The molecule has 6 nitrogen and oxygen atoms in total. The summed E-state index contributed by atoms with van der Waals surface area (Å²) in [5.74, 6) is -0.225. The van der Waals surface area contributed by atoms with E-state index in [9.17, 15) is 0 Å². The molecule has 1 aromatic carbocycles. The van der Waals surface area contributed by atoms with Gasteiger partial charge in [0.2, 0.25) is 6.19 Å². The maximum absolute atomic E-state index is 8.14. The van der Waals surface area contributed by atoms with E-state index in [2.05, 4.69) is 20.8 Å². The van der Waals surface area contributed by atoms with Crippen molar-refractivity contribution in [2.75, 3.05) is 5.43 Å². The number of guanidine groups is 1. The van der Waals surface area contributed by atoms with Crippen molar-refractivity contribution < 1.29 is 0 Å². The van der Waals surface area contributed by atoms with Gasteiger partial charge >= 0.3 is 0 Å². The minimum atomic E-state index is -0.225. The first-order valence-corrected chi connectivity index (χ1v) is 4.25. The van der Waals surface area contributed by atoms with Crippen LogP contribution in [0.2, 0.25) is 5.02 Å². The maximum atomic E-state index is 8.14. The van der Waals surface area contributed by atoms with Gasteiger partial charge in [-0.2, -0.15) is 5.26 Å². The molecule has 0 heterocycles. The first-order chi connectivity index (χ1) is 7.24. The Bertz CT molecular complexity index is 433. The van der Waals surface area contributed by atoms with Crippen LogP contribution in [0.25, 0.3) is 0 Å². The van der Waals surface area contributed by atoms with Crippen LogP contribution in [0.1, 0.15) is 0 Å². The third kappa shape index (κ3) is 3.62. The van der Waals surface area contributed by atoms with Gasteiger partial charge in [0, 0.05) is 0 Å². The smallest absolute Gasteiger partial charge is 0.252 e. The van der Waals surface area contributed by atoms with Gasteiger partial charge in [0.05, 0.1) is 10.7 Å². The van der Waals surface area contributed by atoms with E-state index in [1.54, 1.807) is 24.3 Å². The highest BCUT2D eigenvalue weighted by molar-refractivity contribution is 6.33. The number of rotatable bonds is 2. The monoisotopic (exact) mass is 222 g/mol. The summed E-state index contributed by atoms with van der Waals surface area (Å²) in [4.78, 5) is 3.14. The van der Waals surface area contributed by atoms with Crippen LogP contribution in [-0.2, 0) is 0 Å². The van der Waals surface area contributed by atoms with Crippen molar-refractivity contribution in [1.82, 2.24) is 0 Å². The Kier molecular flexibility index (Phi) is 4.06. The molecule has 0 saturated heterocycles. The zero-order valence-corrected chi connectivity index (χ0v) is 8.31. The van der Waals surface area contributed by atoms with Gasteiger partial charge in [0.1, 0.15) is 0 Å². The molecule has 0 spiro atoms. The molecule has 0 aliphatic rings. The Hall–Kier alpha value is -2.13. The van der Waals surface area contributed by atoms with Crippen LogP contribution < -0.4 is 11.2 Å². The number of aliphatic imine (C=N–C) groups is 1. The lowest BCUT2D eigenvalue weighted by atomic mass is 10.3. The largest absolute Gasteiger partial charge is 0.366 e. The van der Waals surface area contributed by atoms with Gasteiger partial charge in [-0.15, -0.1) is 4.99 Å². The highest BCUT2D eigenvalue weighted by Gasteiger charge is 1.95. The number of hydrogen-bond acceptors (Lipinski definition) is 3. The molecule has 1 rings (SSSR count). The fourth-order valence-electron chi connectivity index (χ4n) is 0.756. The molecule has 0 unspecified atom stereocenters. The second-order valence-electron chi connectivity index (χ2n) is 2.36. The van der Waals surface area contributed by atoms with Gasteiger partial charge in [-0.05, 0) is 12.1 Å². The van der Waals surface area contributed by atoms with Crippen molar-refractivity contribution in [2.45, 2.75) is 0 Å². The lowest BCUT2D eigenvalue weighted by Crippen LogP contribution is -2.07. The van der Waals surface area contributed by atoms with E-state index in [0.29, 0.717) is 10.7 Å². The Morgan fingerprint density at radius 3 is 2.87 bits per heavy atom. The molecule has 1 aromatic rings. The number of hydrogen-bond donors (Lipinski definition) is 2. The van der Waals surface area contributed by atoms with Crippen molar-refractivity contribution in [3.05, 3.63) is 29.3 Å². The van der Waals surface area contributed by atoms with Crippen molar-refractivity contribution >= 4 is 23.2 Å². The number of benzene rings is 1. The zero-order valence-electron chi connectivity index (χ0n) is 7.55. The lowest BCUT2D eigenvalue weighted by molar-refractivity contribution is 1.14. The summed E-state index contributed by atoms with van der Waals surface area (Å²) >= 11 is 5.82. The number of anilines is 1. The molecule has 0 fully saturated rings. The Balaban J connectivity index is 2.63. The van der Waals surface area contributed by atoms with E-state index < -0.39 is 0 Å². The van der Waals surface area contributed by atoms with Crippen LogP contribution in [0.5, 0.6) is 0 Å². The molecule has 76 valence electrons. The van der Waals surface area contributed by atoms with Gasteiger partial charge in [-0.3, -0.25) is 5.43 Å². The summed E-state index contributed by atoms with van der Waals surface area (Å²) in [6.45, 7) is 0. The fourth-order valence-corrected chi connectivity index (χ4v) is 0.934. The molecule has 0 aromatic heterocycles. The van der Waals surface area contributed by atoms with Crippen LogP contribution >= 0.6 is 11.6 Å². The predicted octanol–water partition coefficient (Wildman–Crippen LogP) is 1.91. The quantitative estimate of drug-likeness (QED) is 0.263. The first kappa shape index (κ1) is 10.9. The topological polar surface area (TPSA) is 98.9 Å². The Morgan fingerprint density at radius 2 is 2.20 bits per heavy atom. The van der Waals surface area contributed by atoms with E-state index in [1.165, 1.54) is 6.19 Å². The highest BCUT2D eigenvalue weighted by Crippen LogP contribution is 2.20. The van der Waals surface area contributed by atoms with Crippen molar-refractivity contribution in [3.8, 4) is 6.19 Å². The first-order valence-electron chi connectivity index (χ1n) is 3.87. The van der Waals surface area contributed by atoms with Gasteiger partial charge in [0.25, 0.3) is 5.96 Å². The van der Waals surface area contributed by atoms with Crippen LogP contribution in [0, 0.1) is 11.5 Å². The van der Waals surface area contributed by atoms with Crippen LogP contribution in [-0.4, -0.2) is 5.96 Å². The summed E-state index contributed by atoms with van der Waals surface area (Å²) in [5, 5.41) is 15.6. The summed E-state index contributed by atoms with van der Waals surface area (Å²) < 4.78 is 0. The van der Waals surface area contributed by atoms with Crippen molar-refractivity contribution in [1.29, 1.82) is 5.26 Å². The second kappa shape index (κ2) is 5.57. The minimum Gasteiger partial charge on any atom is -0.366 e. The van der Waals surface area contributed by atoms with Crippen LogP contribution in [0.3, 0.4) is 0 Å². The highest BCUT2D eigenvalue weighted by atomic mass is 35.5. The van der Waals surface area contributed by atoms with Gasteiger partial charge in [0.15, 0.2) is 0 Å². The fraction of sp³-hybridized carbons (Fsp3) is 0. The number of nitriles is 1. The summed E-state index contributed by atoms with van der Waals surface area (Å²) in [5.41, 5.74) is 8.33. The number of nitrogens with one attached hydrogen (secondary N) is 1. The standard InChI is InChI=1S/C8H7ClN6/c9-6-3-1-2-4-7(6)13-15-14-8(11)12-5-10/h1-4H,(H3,11,12,13,14). The molecule has 0 atom stereocenters. The summed E-state index contributed by atoms with van der Waals surface area (Å²) in [6.07, 6.45) is 1.48. The SMILES string of the molecule is N#CN=C(N)/N=N/Nc1ccccc1Cl. The van der Waals surface area contributed by atoms with Crippen LogP contribution in [0.4, 0.5) is 5.69 Å². The number of halogens is 1. The lowest BCUT2D eigenvalue weighted by Gasteiger charge is -1.99. The molecule has 3 N–H and O–H groups in total. The third-order valence-corrected chi connectivity index (χ3v) is 1.69. The van der Waals surface area contributed by atoms with Crippen molar-refractivity contribution in [2.24, 2.45) is 21.1 Å². The molecule has 15 heavy (non-hydrogen) atoms. The van der Waals surface area contributed by atoms with E-state index in [1.807, 2.05) is 0 Å².